The minimum atomic E-state index is 0. The van der Waals surface area contributed by atoms with E-state index >= 15 is 0 Å². The number of pyridine rings is 1. The van der Waals surface area contributed by atoms with Gasteiger partial charge in [0.2, 0.25) is 0 Å². The predicted molar refractivity (Wildman–Crippen MR) is 226 cm³/mol. The standard InChI is InChI=1S/C50H40N4O3.Pt/c1-33-21-22-51-47(25-33)54-45-18-12-11-17-43(45)44-20-19-41(28-46(44)54)57-42-24-34(2)23-40(27-42)53-30-39(29-52-53)48-49(55-31-37-13-7-5-8-14-37)35(3)26-36(4)50(48)56-32-38-15-9-6-10-16-38;/h5-26,29-30H,31-32H2,1-4H3;/q-2;+2. The Kier molecular flexibility index (Phi) is 11.0. The van der Waals surface area contributed by atoms with Crippen molar-refractivity contribution in [2.24, 2.45) is 0 Å². The first-order valence-electron chi connectivity index (χ1n) is 19.0. The van der Waals surface area contributed by atoms with Crippen LogP contribution in [0.3, 0.4) is 0 Å². The Morgan fingerprint density at radius 1 is 0.621 bits per heavy atom. The summed E-state index contributed by atoms with van der Waals surface area (Å²) < 4.78 is 23.7. The number of benzene rings is 6. The van der Waals surface area contributed by atoms with Crippen LogP contribution in [-0.4, -0.2) is 19.3 Å². The molecule has 9 rings (SSSR count). The van der Waals surface area contributed by atoms with E-state index in [-0.39, 0.29) is 21.1 Å². The van der Waals surface area contributed by atoms with E-state index in [1.165, 1.54) is 0 Å². The molecule has 3 aromatic heterocycles. The molecule has 0 aliphatic rings. The van der Waals surface area contributed by atoms with Gasteiger partial charge in [0, 0.05) is 35.0 Å². The molecule has 0 atom stereocenters. The van der Waals surface area contributed by atoms with Gasteiger partial charge in [0.15, 0.2) is 0 Å². The summed E-state index contributed by atoms with van der Waals surface area (Å²) >= 11 is 0. The largest absolute Gasteiger partial charge is 2.00 e. The van der Waals surface area contributed by atoms with Gasteiger partial charge in [-0.1, -0.05) is 91.3 Å². The molecule has 6 aromatic carbocycles. The molecule has 0 radical (unpaired) electrons. The van der Waals surface area contributed by atoms with E-state index < -0.39 is 0 Å². The van der Waals surface area contributed by atoms with Crippen molar-refractivity contribution in [3.8, 4) is 45.6 Å². The van der Waals surface area contributed by atoms with Gasteiger partial charge in [-0.15, -0.1) is 35.7 Å². The first kappa shape index (κ1) is 38.4. The van der Waals surface area contributed by atoms with Crippen LogP contribution in [0.1, 0.15) is 33.4 Å². The molecule has 9 aromatic rings. The molecule has 288 valence electrons. The van der Waals surface area contributed by atoms with Gasteiger partial charge >= 0.3 is 21.1 Å². The molecule has 0 saturated carbocycles. The molecule has 0 amide bonds. The van der Waals surface area contributed by atoms with Crippen molar-refractivity contribution < 1.29 is 35.3 Å². The fraction of sp³-hybridized carbons (Fsp3) is 0.120. The van der Waals surface area contributed by atoms with E-state index in [1.807, 2.05) is 96.9 Å². The molecule has 0 bridgehead atoms. The number of ether oxygens (including phenoxy) is 3. The molecule has 0 N–H and O–H groups in total. The third kappa shape index (κ3) is 7.78. The summed E-state index contributed by atoms with van der Waals surface area (Å²) in [5.74, 6) is 3.48. The smallest absolute Gasteiger partial charge is 0.509 e. The number of aromatic nitrogens is 4. The van der Waals surface area contributed by atoms with E-state index in [2.05, 4.69) is 98.1 Å². The maximum absolute atomic E-state index is 6.61. The van der Waals surface area contributed by atoms with E-state index in [1.54, 1.807) is 0 Å². The molecule has 0 spiro atoms. The quantitative estimate of drug-likeness (QED) is 0.121. The molecule has 0 unspecified atom stereocenters. The minimum Gasteiger partial charge on any atom is -0.509 e. The third-order valence-electron chi connectivity index (χ3n) is 10.1. The van der Waals surface area contributed by atoms with E-state index in [9.17, 15) is 0 Å². The van der Waals surface area contributed by atoms with Crippen LogP contribution in [0.2, 0.25) is 0 Å². The number of aryl methyl sites for hydroxylation is 4. The van der Waals surface area contributed by atoms with Crippen LogP contribution in [-0.2, 0) is 34.3 Å². The van der Waals surface area contributed by atoms with Gasteiger partial charge in [-0.2, -0.15) is 16.7 Å². The number of para-hydroxylation sites is 1. The molecular weight excluding hydrogens is 900 g/mol. The second-order valence-electron chi connectivity index (χ2n) is 14.4. The van der Waals surface area contributed by atoms with E-state index in [4.69, 9.17) is 24.3 Å². The first-order chi connectivity index (χ1) is 27.9. The summed E-state index contributed by atoms with van der Waals surface area (Å²) in [4.78, 5) is 4.72. The molecule has 3 heterocycles. The third-order valence-corrected chi connectivity index (χ3v) is 10.1. The van der Waals surface area contributed by atoms with Crippen molar-refractivity contribution in [1.82, 2.24) is 19.3 Å². The zero-order chi connectivity index (χ0) is 38.9. The number of fused-ring (bicyclic) bond motifs is 3. The van der Waals surface area contributed by atoms with Crippen molar-refractivity contribution in [2.75, 3.05) is 0 Å². The van der Waals surface area contributed by atoms with Gasteiger partial charge in [-0.3, -0.25) is 4.68 Å². The van der Waals surface area contributed by atoms with Crippen LogP contribution in [0, 0.1) is 39.8 Å². The fourth-order valence-electron chi connectivity index (χ4n) is 7.40. The normalized spacial score (nSPS) is 11.1. The minimum absolute atomic E-state index is 0. The van der Waals surface area contributed by atoms with Gasteiger partial charge in [0.25, 0.3) is 0 Å². The SMILES string of the molecule is Cc1cc(Oc2[c-]c3c(cc2)c2ccccc2n3-c2cc(C)ccn2)[c-]c(-n2cc(-c3c(OCc4ccccc4)c(C)cc(C)c3OCc3ccccc3)cn2)c1.[Pt+2]. The molecule has 7 nitrogen and oxygen atoms in total. The van der Waals surface area contributed by atoms with Crippen molar-refractivity contribution in [3.05, 3.63) is 191 Å². The van der Waals surface area contributed by atoms with Crippen LogP contribution >= 0.6 is 0 Å². The average molecular weight is 940 g/mol. The molecule has 8 heteroatoms. The van der Waals surface area contributed by atoms with Crippen LogP contribution in [0.4, 0.5) is 0 Å². The zero-order valence-electron chi connectivity index (χ0n) is 32.6. The Balaban J connectivity index is 0.00000469. The Morgan fingerprint density at radius 3 is 1.98 bits per heavy atom. The van der Waals surface area contributed by atoms with Crippen molar-refractivity contribution in [3.63, 3.8) is 0 Å². The van der Waals surface area contributed by atoms with Gasteiger partial charge in [0.05, 0.1) is 11.8 Å². The monoisotopic (exact) mass is 939 g/mol. The Morgan fingerprint density at radius 2 is 1.29 bits per heavy atom. The maximum atomic E-state index is 6.61. The van der Waals surface area contributed by atoms with Gasteiger partial charge in [0.1, 0.15) is 30.5 Å². The molecule has 0 aliphatic carbocycles. The predicted octanol–water partition coefficient (Wildman–Crippen LogP) is 11.8. The topological polar surface area (TPSA) is 63.3 Å². The summed E-state index contributed by atoms with van der Waals surface area (Å²) in [5, 5.41) is 7.05. The van der Waals surface area contributed by atoms with Crippen molar-refractivity contribution in [2.45, 2.75) is 40.9 Å². The summed E-state index contributed by atoms with van der Waals surface area (Å²) in [5.41, 5.74) is 10.7. The summed E-state index contributed by atoms with van der Waals surface area (Å²) in [6, 6.07) is 50.0. The molecule has 58 heavy (non-hydrogen) atoms. The Hall–Kier alpha value is -6.43. The van der Waals surface area contributed by atoms with Gasteiger partial charge < -0.3 is 18.8 Å². The second kappa shape index (κ2) is 16.6. The number of rotatable bonds is 11. The molecule has 0 aliphatic heterocycles. The first-order valence-corrected chi connectivity index (χ1v) is 19.0. The molecular formula is C50H40N4O3Pt. The van der Waals surface area contributed by atoms with Crippen LogP contribution in [0.5, 0.6) is 23.0 Å². The van der Waals surface area contributed by atoms with Crippen molar-refractivity contribution in [1.29, 1.82) is 0 Å². The van der Waals surface area contributed by atoms with E-state index in [0.29, 0.717) is 24.7 Å². The summed E-state index contributed by atoms with van der Waals surface area (Å²) in [6.45, 7) is 9.10. The molecule has 0 fully saturated rings. The number of nitrogens with zero attached hydrogens (tertiary/aromatic N) is 4. The van der Waals surface area contributed by atoms with Gasteiger partial charge in [-0.05, 0) is 83.9 Å². The average Bonchev–Trinajstić information content (AvgIpc) is 3.84. The summed E-state index contributed by atoms with van der Waals surface area (Å²) in [7, 11) is 0. The Labute approximate surface area is 352 Å². The van der Waals surface area contributed by atoms with Crippen LogP contribution in [0.15, 0.2) is 146 Å². The van der Waals surface area contributed by atoms with E-state index in [0.717, 1.165) is 89.3 Å². The molecule has 0 saturated heterocycles. The fourth-order valence-corrected chi connectivity index (χ4v) is 7.40. The number of hydrogen-bond acceptors (Lipinski definition) is 5. The van der Waals surface area contributed by atoms with Gasteiger partial charge in [-0.25, -0.2) is 4.98 Å². The Bertz CT molecular complexity index is 2820. The second-order valence-corrected chi connectivity index (χ2v) is 14.4. The van der Waals surface area contributed by atoms with Crippen molar-refractivity contribution >= 4 is 21.8 Å². The maximum Gasteiger partial charge on any atom is 2.00 e. The zero-order valence-corrected chi connectivity index (χ0v) is 34.9. The number of hydrogen-bond donors (Lipinski definition) is 0. The van der Waals surface area contributed by atoms with Crippen LogP contribution < -0.4 is 14.2 Å². The van der Waals surface area contributed by atoms with Crippen LogP contribution in [0.25, 0.3) is 44.4 Å². The summed E-state index contributed by atoms with van der Waals surface area (Å²) in [6.07, 6.45) is 5.70.